The summed E-state index contributed by atoms with van der Waals surface area (Å²) in [6, 6.07) is 16.0. The van der Waals surface area contributed by atoms with E-state index in [2.05, 4.69) is 20.8 Å². The lowest BCUT2D eigenvalue weighted by molar-refractivity contribution is -0.145. The van der Waals surface area contributed by atoms with Crippen LogP contribution in [0.15, 0.2) is 66.9 Å². The van der Waals surface area contributed by atoms with E-state index in [1.807, 2.05) is 6.07 Å². The highest BCUT2D eigenvalue weighted by molar-refractivity contribution is 5.90. The van der Waals surface area contributed by atoms with Gasteiger partial charge in [-0.05, 0) is 42.5 Å². The molecule has 2 aromatic heterocycles. The average molecular weight is 438 g/mol. The lowest BCUT2D eigenvalue weighted by atomic mass is 10.3. The molecule has 0 bridgehead atoms. The number of para-hydroxylation sites is 2. The Morgan fingerprint density at radius 2 is 1.81 bits per heavy atom. The number of carbonyl (C=O) groups is 1. The molecular weight excluding hydrogens is 425 g/mol. The second-order valence-corrected chi connectivity index (χ2v) is 6.43. The molecule has 0 aliphatic heterocycles. The summed E-state index contributed by atoms with van der Waals surface area (Å²) in [6.07, 6.45) is -3.37. The standard InChI is InChI=1S/C21H13F3N6O2/c22-21(23,24)19-27-17-3-1-2-4-18(17)30(19)20(31)29-28-13-5-7-15(8-6-13)32-16-9-10-26-14(11-16)12-25/h1-11,28H,(H,29,31). The lowest BCUT2D eigenvalue weighted by Crippen LogP contribution is -2.35. The Morgan fingerprint density at radius 1 is 1.06 bits per heavy atom. The predicted molar refractivity (Wildman–Crippen MR) is 108 cm³/mol. The Hall–Kier alpha value is -4.59. The van der Waals surface area contributed by atoms with Gasteiger partial charge in [-0.2, -0.15) is 18.4 Å². The molecule has 160 valence electrons. The molecule has 11 heteroatoms. The molecule has 2 aromatic carbocycles. The Bertz CT molecular complexity index is 1330. The zero-order valence-electron chi connectivity index (χ0n) is 16.1. The summed E-state index contributed by atoms with van der Waals surface area (Å²) >= 11 is 0. The molecule has 1 amide bonds. The van der Waals surface area contributed by atoms with Crippen LogP contribution in [0.2, 0.25) is 0 Å². The third-order valence-electron chi connectivity index (χ3n) is 4.27. The molecule has 2 N–H and O–H groups in total. The molecule has 0 atom stereocenters. The fourth-order valence-corrected chi connectivity index (χ4v) is 2.88. The first kappa shape index (κ1) is 20.7. The molecule has 0 radical (unpaired) electrons. The number of hydrazine groups is 1. The topological polar surface area (TPSA) is 105 Å². The van der Waals surface area contributed by atoms with Crippen molar-refractivity contribution in [2.24, 2.45) is 0 Å². The molecule has 0 spiro atoms. The van der Waals surface area contributed by atoms with Crippen LogP contribution in [0.4, 0.5) is 23.7 Å². The molecule has 0 aliphatic carbocycles. The van der Waals surface area contributed by atoms with E-state index in [1.165, 1.54) is 36.5 Å². The number of rotatable bonds is 4. The third-order valence-corrected chi connectivity index (χ3v) is 4.27. The van der Waals surface area contributed by atoms with E-state index in [1.54, 1.807) is 30.3 Å². The van der Waals surface area contributed by atoms with Gasteiger partial charge in [0.2, 0.25) is 5.82 Å². The van der Waals surface area contributed by atoms with Crippen molar-refractivity contribution in [2.45, 2.75) is 6.18 Å². The number of imidazole rings is 1. The van der Waals surface area contributed by atoms with E-state index in [-0.39, 0.29) is 16.7 Å². The first-order chi connectivity index (χ1) is 15.3. The molecule has 4 aromatic rings. The molecule has 2 heterocycles. The third kappa shape index (κ3) is 4.29. The van der Waals surface area contributed by atoms with Gasteiger partial charge in [0.15, 0.2) is 0 Å². The lowest BCUT2D eigenvalue weighted by Gasteiger charge is -2.13. The number of halogens is 3. The monoisotopic (exact) mass is 438 g/mol. The van der Waals surface area contributed by atoms with Crippen LogP contribution in [-0.2, 0) is 6.18 Å². The van der Waals surface area contributed by atoms with Gasteiger partial charge in [0.1, 0.15) is 23.3 Å². The fourth-order valence-electron chi connectivity index (χ4n) is 2.88. The van der Waals surface area contributed by atoms with Crippen molar-refractivity contribution in [3.05, 3.63) is 78.4 Å². The first-order valence-electron chi connectivity index (χ1n) is 9.10. The van der Waals surface area contributed by atoms with E-state index >= 15 is 0 Å². The van der Waals surface area contributed by atoms with E-state index < -0.39 is 18.0 Å². The molecule has 0 saturated heterocycles. The van der Waals surface area contributed by atoms with Crippen LogP contribution in [0.1, 0.15) is 11.5 Å². The number of benzene rings is 2. The van der Waals surface area contributed by atoms with Crippen molar-refractivity contribution in [1.82, 2.24) is 20.0 Å². The number of amides is 1. The molecule has 0 saturated carbocycles. The SMILES string of the molecule is N#Cc1cc(Oc2ccc(NNC(=O)n3c(C(F)(F)F)nc4ccccc43)cc2)ccn1. The highest BCUT2D eigenvalue weighted by Gasteiger charge is 2.39. The van der Waals surface area contributed by atoms with Crippen molar-refractivity contribution < 1.29 is 22.7 Å². The van der Waals surface area contributed by atoms with Crippen LogP contribution in [0.3, 0.4) is 0 Å². The number of hydrogen-bond donors (Lipinski definition) is 2. The zero-order chi connectivity index (χ0) is 22.7. The van der Waals surface area contributed by atoms with Gasteiger partial charge in [0.05, 0.1) is 16.7 Å². The number of alkyl halides is 3. The van der Waals surface area contributed by atoms with Gasteiger partial charge < -0.3 is 4.74 Å². The maximum absolute atomic E-state index is 13.4. The van der Waals surface area contributed by atoms with Crippen LogP contribution < -0.4 is 15.6 Å². The van der Waals surface area contributed by atoms with Crippen LogP contribution >= 0.6 is 0 Å². The highest BCUT2D eigenvalue weighted by Crippen LogP contribution is 2.31. The Labute approximate surface area is 178 Å². The normalized spacial score (nSPS) is 11.1. The van der Waals surface area contributed by atoms with Gasteiger partial charge in [-0.1, -0.05) is 12.1 Å². The summed E-state index contributed by atoms with van der Waals surface area (Å²) in [7, 11) is 0. The minimum absolute atomic E-state index is 0.0250. The minimum atomic E-state index is -4.81. The summed E-state index contributed by atoms with van der Waals surface area (Å²) in [5.74, 6) is -0.468. The van der Waals surface area contributed by atoms with Crippen molar-refractivity contribution in [3.63, 3.8) is 0 Å². The fraction of sp³-hybridized carbons (Fsp3) is 0.0476. The van der Waals surface area contributed by atoms with Gasteiger partial charge in [-0.3, -0.25) is 10.9 Å². The van der Waals surface area contributed by atoms with Gasteiger partial charge in [0.25, 0.3) is 0 Å². The van der Waals surface area contributed by atoms with E-state index in [0.29, 0.717) is 21.8 Å². The molecule has 4 rings (SSSR count). The number of anilines is 1. The van der Waals surface area contributed by atoms with Crippen molar-refractivity contribution in [2.75, 3.05) is 5.43 Å². The molecule has 8 nitrogen and oxygen atoms in total. The van der Waals surface area contributed by atoms with E-state index in [0.717, 1.165) is 0 Å². The Balaban J connectivity index is 1.47. The van der Waals surface area contributed by atoms with Crippen LogP contribution in [-0.4, -0.2) is 20.6 Å². The van der Waals surface area contributed by atoms with Crippen molar-refractivity contribution >= 4 is 22.8 Å². The predicted octanol–water partition coefficient (Wildman–Crippen LogP) is 4.70. The number of carbonyl (C=O) groups excluding carboxylic acids is 1. The minimum Gasteiger partial charge on any atom is -0.457 e. The summed E-state index contributed by atoms with van der Waals surface area (Å²) < 4.78 is 46.2. The molecule has 0 aliphatic rings. The van der Waals surface area contributed by atoms with Crippen LogP contribution in [0.5, 0.6) is 11.5 Å². The molecule has 32 heavy (non-hydrogen) atoms. The van der Waals surface area contributed by atoms with Crippen molar-refractivity contribution in [1.29, 1.82) is 5.26 Å². The number of ether oxygens (including phenoxy) is 1. The molecular formula is C21H13F3N6O2. The van der Waals surface area contributed by atoms with Gasteiger partial charge in [0, 0.05) is 12.3 Å². The summed E-state index contributed by atoms with van der Waals surface area (Å²) in [5.41, 5.74) is 5.48. The average Bonchev–Trinajstić information content (AvgIpc) is 3.19. The number of pyridine rings is 1. The number of nitrogens with one attached hydrogen (secondary N) is 2. The summed E-state index contributed by atoms with van der Waals surface area (Å²) in [5, 5.41) is 8.88. The van der Waals surface area contributed by atoms with Crippen LogP contribution in [0, 0.1) is 11.3 Å². The second-order valence-electron chi connectivity index (χ2n) is 6.43. The van der Waals surface area contributed by atoms with E-state index in [4.69, 9.17) is 10.00 Å². The largest absolute Gasteiger partial charge is 0.457 e. The summed E-state index contributed by atoms with van der Waals surface area (Å²) in [4.78, 5) is 19.9. The van der Waals surface area contributed by atoms with E-state index in [9.17, 15) is 18.0 Å². The number of aromatic nitrogens is 3. The van der Waals surface area contributed by atoms with Gasteiger partial charge in [-0.25, -0.2) is 19.3 Å². The number of nitriles is 1. The highest BCUT2D eigenvalue weighted by atomic mass is 19.4. The van der Waals surface area contributed by atoms with Gasteiger partial charge in [-0.15, -0.1) is 0 Å². The number of hydrogen-bond acceptors (Lipinski definition) is 6. The maximum Gasteiger partial charge on any atom is 0.450 e. The molecule has 0 unspecified atom stereocenters. The molecule has 0 fully saturated rings. The zero-order valence-corrected chi connectivity index (χ0v) is 16.1. The van der Waals surface area contributed by atoms with Crippen LogP contribution in [0.25, 0.3) is 11.0 Å². The quantitative estimate of drug-likeness (QED) is 0.448. The number of nitrogens with zero attached hydrogens (tertiary/aromatic N) is 4. The summed E-state index contributed by atoms with van der Waals surface area (Å²) in [6.45, 7) is 0. The maximum atomic E-state index is 13.4. The van der Waals surface area contributed by atoms with Crippen molar-refractivity contribution in [3.8, 4) is 17.6 Å². The smallest absolute Gasteiger partial charge is 0.450 e. The number of fused-ring (bicyclic) bond motifs is 1. The Morgan fingerprint density at radius 3 is 2.53 bits per heavy atom. The van der Waals surface area contributed by atoms with Gasteiger partial charge >= 0.3 is 12.2 Å². The Kier molecular flexibility index (Phi) is 5.34. The second kappa shape index (κ2) is 8.27. The first-order valence-corrected chi connectivity index (χ1v) is 9.10.